The summed E-state index contributed by atoms with van der Waals surface area (Å²) in [4.78, 5) is 0. The summed E-state index contributed by atoms with van der Waals surface area (Å²) in [5.74, 6) is 0.557. The zero-order valence-electron chi connectivity index (χ0n) is 8.58. The van der Waals surface area contributed by atoms with Gasteiger partial charge in [-0.05, 0) is 18.8 Å². The van der Waals surface area contributed by atoms with Gasteiger partial charge < -0.3 is 0 Å². The highest BCUT2D eigenvalue weighted by atomic mass is 15.5. The smallest absolute Gasteiger partial charge is 0.111 e. The molecule has 1 aliphatic carbocycles. The molecule has 1 N–H and O–H groups in total. The molecule has 74 valence electrons. The topological polar surface area (TPSA) is 39.1 Å². The summed E-state index contributed by atoms with van der Waals surface area (Å²) in [6, 6.07) is 2.36. The van der Waals surface area contributed by atoms with Gasteiger partial charge in [-0.1, -0.05) is 19.3 Å². The van der Waals surface area contributed by atoms with E-state index in [1.165, 1.54) is 32.1 Å². The second-order valence-electron chi connectivity index (χ2n) is 4.03. The standard InChI is InChI=1S/C10H19N3/c1-13(2)12-10(8-11)9-6-4-3-5-7-9/h9-10,12H,3-7H2,1-2H3. The minimum atomic E-state index is 0.00954. The summed E-state index contributed by atoms with van der Waals surface area (Å²) >= 11 is 0. The van der Waals surface area contributed by atoms with Gasteiger partial charge >= 0.3 is 0 Å². The summed E-state index contributed by atoms with van der Waals surface area (Å²) in [5, 5.41) is 10.9. The molecular weight excluding hydrogens is 162 g/mol. The van der Waals surface area contributed by atoms with Crippen LogP contribution in [0.4, 0.5) is 0 Å². The van der Waals surface area contributed by atoms with Crippen molar-refractivity contribution in [2.24, 2.45) is 5.92 Å². The zero-order chi connectivity index (χ0) is 9.68. The number of hydrazine groups is 1. The maximum absolute atomic E-state index is 8.99. The fourth-order valence-electron chi connectivity index (χ4n) is 1.99. The molecule has 0 aromatic rings. The monoisotopic (exact) mass is 181 g/mol. The lowest BCUT2D eigenvalue weighted by Gasteiger charge is -2.28. The van der Waals surface area contributed by atoms with Crippen LogP contribution in [-0.4, -0.2) is 25.1 Å². The van der Waals surface area contributed by atoms with Gasteiger partial charge in [0, 0.05) is 14.1 Å². The van der Waals surface area contributed by atoms with Gasteiger partial charge in [-0.2, -0.15) is 5.26 Å². The molecule has 1 rings (SSSR count). The van der Waals surface area contributed by atoms with Gasteiger partial charge in [-0.15, -0.1) is 0 Å². The first-order valence-corrected chi connectivity index (χ1v) is 5.07. The van der Waals surface area contributed by atoms with Gasteiger partial charge in [0.2, 0.25) is 0 Å². The molecule has 0 saturated heterocycles. The van der Waals surface area contributed by atoms with Crippen LogP contribution in [0.3, 0.4) is 0 Å². The Morgan fingerprint density at radius 3 is 2.38 bits per heavy atom. The predicted molar refractivity (Wildman–Crippen MR) is 52.8 cm³/mol. The number of hydrogen-bond acceptors (Lipinski definition) is 3. The Labute approximate surface area is 80.7 Å². The Morgan fingerprint density at radius 1 is 1.31 bits per heavy atom. The highest BCUT2D eigenvalue weighted by molar-refractivity contribution is 4.94. The minimum absolute atomic E-state index is 0.00954. The summed E-state index contributed by atoms with van der Waals surface area (Å²) in [5.41, 5.74) is 3.17. The molecule has 13 heavy (non-hydrogen) atoms. The van der Waals surface area contributed by atoms with Crippen molar-refractivity contribution in [3.63, 3.8) is 0 Å². The van der Waals surface area contributed by atoms with Crippen molar-refractivity contribution in [3.8, 4) is 6.07 Å². The van der Waals surface area contributed by atoms with Crippen molar-refractivity contribution in [2.45, 2.75) is 38.1 Å². The number of rotatable bonds is 3. The van der Waals surface area contributed by atoms with E-state index in [0.717, 1.165) is 0 Å². The fourth-order valence-corrected chi connectivity index (χ4v) is 1.99. The van der Waals surface area contributed by atoms with Crippen LogP contribution in [-0.2, 0) is 0 Å². The second-order valence-corrected chi connectivity index (χ2v) is 4.03. The Hall–Kier alpha value is -0.590. The molecule has 0 amide bonds. The van der Waals surface area contributed by atoms with Crippen molar-refractivity contribution in [1.82, 2.24) is 10.4 Å². The molecule has 0 aromatic heterocycles. The largest absolute Gasteiger partial charge is 0.249 e. The molecule has 3 heteroatoms. The van der Waals surface area contributed by atoms with E-state index in [4.69, 9.17) is 5.26 Å². The summed E-state index contributed by atoms with van der Waals surface area (Å²) < 4.78 is 0. The molecule has 1 atom stereocenters. The quantitative estimate of drug-likeness (QED) is 0.671. The number of hydrogen-bond donors (Lipinski definition) is 1. The summed E-state index contributed by atoms with van der Waals surface area (Å²) in [7, 11) is 3.88. The summed E-state index contributed by atoms with van der Waals surface area (Å²) in [6.07, 6.45) is 6.34. The first-order chi connectivity index (χ1) is 6.24. The molecule has 3 nitrogen and oxygen atoms in total. The van der Waals surface area contributed by atoms with Crippen molar-refractivity contribution < 1.29 is 0 Å². The van der Waals surface area contributed by atoms with Crippen LogP contribution in [0.1, 0.15) is 32.1 Å². The van der Waals surface area contributed by atoms with Crippen LogP contribution in [0.2, 0.25) is 0 Å². The predicted octanol–water partition coefficient (Wildman–Crippen LogP) is 1.53. The Bertz CT molecular complexity index is 177. The van der Waals surface area contributed by atoms with Crippen molar-refractivity contribution >= 4 is 0 Å². The summed E-state index contributed by atoms with van der Waals surface area (Å²) in [6.45, 7) is 0. The molecule has 1 aliphatic rings. The molecule has 0 heterocycles. The average molecular weight is 181 g/mol. The van der Waals surface area contributed by atoms with Crippen LogP contribution in [0, 0.1) is 17.2 Å². The van der Waals surface area contributed by atoms with E-state index in [0.29, 0.717) is 5.92 Å². The van der Waals surface area contributed by atoms with E-state index >= 15 is 0 Å². The average Bonchev–Trinajstić information content (AvgIpc) is 2.15. The molecular formula is C10H19N3. The first-order valence-electron chi connectivity index (χ1n) is 5.07. The first kappa shape index (κ1) is 10.5. The number of nitrogens with one attached hydrogen (secondary N) is 1. The second kappa shape index (κ2) is 5.21. The number of nitriles is 1. The van der Waals surface area contributed by atoms with E-state index in [1.54, 1.807) is 0 Å². The Kier molecular flexibility index (Phi) is 4.20. The van der Waals surface area contributed by atoms with E-state index in [2.05, 4.69) is 11.5 Å². The van der Waals surface area contributed by atoms with Crippen LogP contribution in [0.25, 0.3) is 0 Å². The highest BCUT2D eigenvalue weighted by Crippen LogP contribution is 2.26. The van der Waals surface area contributed by atoms with Crippen LogP contribution in [0.15, 0.2) is 0 Å². The number of nitrogens with zero attached hydrogens (tertiary/aromatic N) is 2. The molecule has 0 radical (unpaired) electrons. The van der Waals surface area contributed by atoms with Gasteiger partial charge in [-0.3, -0.25) is 0 Å². The Morgan fingerprint density at radius 2 is 1.92 bits per heavy atom. The third-order valence-corrected chi connectivity index (χ3v) is 2.66. The molecule has 0 aliphatic heterocycles. The Balaban J connectivity index is 2.40. The van der Waals surface area contributed by atoms with Crippen molar-refractivity contribution in [1.29, 1.82) is 5.26 Å². The lowest BCUT2D eigenvalue weighted by atomic mass is 9.85. The third-order valence-electron chi connectivity index (χ3n) is 2.66. The van der Waals surface area contributed by atoms with E-state index in [1.807, 2.05) is 19.1 Å². The maximum Gasteiger partial charge on any atom is 0.111 e. The van der Waals surface area contributed by atoms with Gasteiger partial charge in [0.15, 0.2) is 0 Å². The van der Waals surface area contributed by atoms with Crippen LogP contribution >= 0.6 is 0 Å². The van der Waals surface area contributed by atoms with Crippen LogP contribution < -0.4 is 5.43 Å². The van der Waals surface area contributed by atoms with Crippen molar-refractivity contribution in [3.05, 3.63) is 0 Å². The van der Waals surface area contributed by atoms with Gasteiger partial charge in [0.25, 0.3) is 0 Å². The van der Waals surface area contributed by atoms with Crippen molar-refractivity contribution in [2.75, 3.05) is 14.1 Å². The van der Waals surface area contributed by atoms with Gasteiger partial charge in [-0.25, -0.2) is 10.4 Å². The van der Waals surface area contributed by atoms with Gasteiger partial charge in [0.05, 0.1) is 6.07 Å². The highest BCUT2D eigenvalue weighted by Gasteiger charge is 2.23. The fraction of sp³-hybridized carbons (Fsp3) is 0.900. The molecule has 0 aromatic carbocycles. The van der Waals surface area contributed by atoms with E-state index in [9.17, 15) is 0 Å². The molecule has 1 saturated carbocycles. The molecule has 0 bridgehead atoms. The third kappa shape index (κ3) is 3.33. The normalized spacial score (nSPS) is 21.4. The molecule has 1 fully saturated rings. The van der Waals surface area contributed by atoms with E-state index < -0.39 is 0 Å². The maximum atomic E-state index is 8.99. The SMILES string of the molecule is CN(C)NC(C#N)C1CCCCC1. The lowest BCUT2D eigenvalue weighted by molar-refractivity contribution is 0.199. The molecule has 0 spiro atoms. The zero-order valence-corrected chi connectivity index (χ0v) is 8.58. The minimum Gasteiger partial charge on any atom is -0.249 e. The lowest BCUT2D eigenvalue weighted by Crippen LogP contribution is -2.43. The van der Waals surface area contributed by atoms with E-state index in [-0.39, 0.29) is 6.04 Å². The van der Waals surface area contributed by atoms with Gasteiger partial charge in [0.1, 0.15) is 6.04 Å². The molecule has 1 unspecified atom stereocenters. The van der Waals surface area contributed by atoms with Crippen LogP contribution in [0.5, 0.6) is 0 Å².